The molecule has 0 fully saturated rings. The molecule has 0 bridgehead atoms. The molecule has 4 heteroatoms. The van der Waals surface area contributed by atoms with E-state index in [0.29, 0.717) is 12.1 Å². The van der Waals surface area contributed by atoms with Crippen LogP contribution in [0.1, 0.15) is 35.8 Å². The summed E-state index contributed by atoms with van der Waals surface area (Å²) in [6.07, 6.45) is 3.89. The molecule has 25 heavy (non-hydrogen) atoms. The first-order chi connectivity index (χ1) is 12.1. The van der Waals surface area contributed by atoms with E-state index in [4.69, 9.17) is 0 Å². The van der Waals surface area contributed by atoms with E-state index in [1.165, 1.54) is 12.1 Å². The van der Waals surface area contributed by atoms with Gasteiger partial charge in [0.15, 0.2) is 0 Å². The van der Waals surface area contributed by atoms with Gasteiger partial charge in [0.2, 0.25) is 0 Å². The van der Waals surface area contributed by atoms with E-state index in [0.717, 1.165) is 11.3 Å². The number of carbonyl (C=O) groups excluding carboxylic acids is 1. The molecular weight excluding hydrogens is 315 g/mol. The Morgan fingerprint density at radius 2 is 1.76 bits per heavy atom. The Hall–Kier alpha value is -2.88. The fourth-order valence-electron chi connectivity index (χ4n) is 2.99. The summed E-state index contributed by atoms with van der Waals surface area (Å²) in [6.45, 7) is 4.49. The molecule has 1 amide bonds. The molecule has 1 heterocycles. The highest BCUT2D eigenvalue weighted by molar-refractivity contribution is 5.95. The zero-order valence-electron chi connectivity index (χ0n) is 14.4. The molecule has 3 aromatic rings. The molecule has 1 atom stereocenters. The number of hydrogen-bond donors (Lipinski definition) is 0. The number of halogens is 1. The fraction of sp³-hybridized carbons (Fsp3) is 0.190. The van der Waals surface area contributed by atoms with Crippen molar-refractivity contribution in [3.63, 3.8) is 0 Å². The van der Waals surface area contributed by atoms with Gasteiger partial charge in [0.25, 0.3) is 5.91 Å². The zero-order chi connectivity index (χ0) is 17.8. The van der Waals surface area contributed by atoms with Crippen molar-refractivity contribution in [2.45, 2.75) is 19.9 Å². The summed E-state index contributed by atoms with van der Waals surface area (Å²) in [5, 5.41) is 0. The molecule has 0 saturated heterocycles. The molecule has 0 N–H and O–H groups in total. The van der Waals surface area contributed by atoms with E-state index in [2.05, 4.69) is 0 Å². The first-order valence-corrected chi connectivity index (χ1v) is 8.40. The van der Waals surface area contributed by atoms with Gasteiger partial charge in [-0.1, -0.05) is 18.2 Å². The molecule has 2 aromatic carbocycles. The molecule has 0 unspecified atom stereocenters. The lowest BCUT2D eigenvalue weighted by atomic mass is 10.1. The number of hydrogen-bond acceptors (Lipinski definition) is 1. The lowest BCUT2D eigenvalue weighted by molar-refractivity contribution is 0.0702. The summed E-state index contributed by atoms with van der Waals surface area (Å²) in [6, 6.07) is 17.7. The standard InChI is InChI=1S/C21H21FN2O/c1-3-24(16(2)17-9-11-19(22)12-10-17)21(25)18-7-6-8-20(15-18)23-13-4-5-14-23/h4-16H,3H2,1-2H3/t16-/m0/s1. The van der Waals surface area contributed by atoms with Gasteiger partial charge in [-0.05, 0) is 61.9 Å². The second-order valence-corrected chi connectivity index (χ2v) is 5.96. The zero-order valence-corrected chi connectivity index (χ0v) is 14.4. The molecule has 3 nitrogen and oxygen atoms in total. The third-order valence-electron chi connectivity index (χ3n) is 4.42. The summed E-state index contributed by atoms with van der Waals surface area (Å²) in [4.78, 5) is 14.8. The highest BCUT2D eigenvalue weighted by atomic mass is 19.1. The Morgan fingerprint density at radius 1 is 1.08 bits per heavy atom. The van der Waals surface area contributed by atoms with Crippen LogP contribution in [0.15, 0.2) is 73.1 Å². The van der Waals surface area contributed by atoms with Gasteiger partial charge < -0.3 is 9.47 Å². The van der Waals surface area contributed by atoms with Crippen LogP contribution in [-0.2, 0) is 0 Å². The van der Waals surface area contributed by atoms with Crippen LogP contribution >= 0.6 is 0 Å². The van der Waals surface area contributed by atoms with Crippen molar-refractivity contribution in [3.05, 3.63) is 90.0 Å². The Bertz CT molecular complexity index is 841. The van der Waals surface area contributed by atoms with Crippen molar-refractivity contribution in [2.24, 2.45) is 0 Å². The molecule has 0 aliphatic rings. The number of amides is 1. The summed E-state index contributed by atoms with van der Waals surface area (Å²) in [5.41, 5.74) is 2.50. The van der Waals surface area contributed by atoms with Crippen LogP contribution in [0.25, 0.3) is 5.69 Å². The monoisotopic (exact) mass is 336 g/mol. The van der Waals surface area contributed by atoms with E-state index in [-0.39, 0.29) is 17.8 Å². The Labute approximate surface area is 147 Å². The predicted molar refractivity (Wildman–Crippen MR) is 97.3 cm³/mol. The number of benzene rings is 2. The van der Waals surface area contributed by atoms with E-state index in [1.807, 2.05) is 67.2 Å². The number of nitrogens with zero attached hydrogens (tertiary/aromatic N) is 2. The van der Waals surface area contributed by atoms with Crippen LogP contribution in [0, 0.1) is 5.82 Å². The number of rotatable bonds is 5. The van der Waals surface area contributed by atoms with Crippen molar-refractivity contribution < 1.29 is 9.18 Å². The summed E-state index contributed by atoms with van der Waals surface area (Å²) < 4.78 is 15.1. The smallest absolute Gasteiger partial charge is 0.254 e. The SMILES string of the molecule is CCN(C(=O)c1cccc(-n2cccc2)c1)[C@@H](C)c1ccc(F)cc1. The maximum absolute atomic E-state index is 13.2. The van der Waals surface area contributed by atoms with Crippen LogP contribution in [-0.4, -0.2) is 21.9 Å². The van der Waals surface area contributed by atoms with Gasteiger partial charge in [0.05, 0.1) is 6.04 Å². The highest BCUT2D eigenvalue weighted by Gasteiger charge is 2.21. The van der Waals surface area contributed by atoms with Crippen molar-refractivity contribution in [2.75, 3.05) is 6.54 Å². The normalized spacial score (nSPS) is 12.0. The van der Waals surface area contributed by atoms with Gasteiger partial charge in [-0.25, -0.2) is 4.39 Å². The van der Waals surface area contributed by atoms with E-state index < -0.39 is 0 Å². The Kier molecular flexibility index (Phi) is 4.98. The minimum Gasteiger partial charge on any atom is -0.332 e. The topological polar surface area (TPSA) is 25.2 Å². The third-order valence-corrected chi connectivity index (χ3v) is 4.42. The fourth-order valence-corrected chi connectivity index (χ4v) is 2.99. The minimum atomic E-state index is -0.273. The molecule has 1 aromatic heterocycles. The molecule has 3 rings (SSSR count). The van der Waals surface area contributed by atoms with Crippen LogP contribution in [0.5, 0.6) is 0 Å². The average Bonchev–Trinajstić information content (AvgIpc) is 3.17. The first-order valence-electron chi connectivity index (χ1n) is 8.40. The van der Waals surface area contributed by atoms with Gasteiger partial charge in [-0.15, -0.1) is 0 Å². The van der Waals surface area contributed by atoms with Crippen LogP contribution < -0.4 is 0 Å². The molecule has 0 saturated carbocycles. The van der Waals surface area contributed by atoms with Crippen LogP contribution in [0.3, 0.4) is 0 Å². The molecule has 0 aliphatic carbocycles. The van der Waals surface area contributed by atoms with E-state index >= 15 is 0 Å². The van der Waals surface area contributed by atoms with Gasteiger partial charge in [0.1, 0.15) is 5.82 Å². The van der Waals surface area contributed by atoms with Gasteiger partial charge in [0, 0.05) is 30.2 Å². The molecule has 0 radical (unpaired) electrons. The summed E-state index contributed by atoms with van der Waals surface area (Å²) in [7, 11) is 0. The van der Waals surface area contributed by atoms with E-state index in [1.54, 1.807) is 17.0 Å². The van der Waals surface area contributed by atoms with Gasteiger partial charge in [-0.2, -0.15) is 0 Å². The van der Waals surface area contributed by atoms with Gasteiger partial charge >= 0.3 is 0 Å². The lowest BCUT2D eigenvalue weighted by Crippen LogP contribution is -2.33. The number of carbonyl (C=O) groups is 1. The molecule has 128 valence electrons. The summed E-state index contributed by atoms with van der Waals surface area (Å²) in [5.74, 6) is -0.307. The third kappa shape index (κ3) is 3.63. The highest BCUT2D eigenvalue weighted by Crippen LogP contribution is 2.23. The number of aromatic nitrogens is 1. The molecular formula is C21H21FN2O. The maximum Gasteiger partial charge on any atom is 0.254 e. The van der Waals surface area contributed by atoms with Crippen LogP contribution in [0.2, 0.25) is 0 Å². The van der Waals surface area contributed by atoms with Crippen molar-refractivity contribution in [1.29, 1.82) is 0 Å². The van der Waals surface area contributed by atoms with Gasteiger partial charge in [-0.3, -0.25) is 4.79 Å². The maximum atomic E-state index is 13.2. The quantitative estimate of drug-likeness (QED) is 0.654. The second kappa shape index (κ2) is 7.34. The minimum absolute atomic E-state index is 0.0340. The second-order valence-electron chi connectivity index (χ2n) is 5.96. The van der Waals surface area contributed by atoms with Crippen molar-refractivity contribution >= 4 is 5.91 Å². The molecule has 0 spiro atoms. The Balaban J connectivity index is 1.87. The van der Waals surface area contributed by atoms with Crippen molar-refractivity contribution in [3.8, 4) is 5.69 Å². The van der Waals surface area contributed by atoms with E-state index in [9.17, 15) is 9.18 Å². The molecule has 0 aliphatic heterocycles. The summed E-state index contributed by atoms with van der Waals surface area (Å²) >= 11 is 0. The average molecular weight is 336 g/mol. The largest absolute Gasteiger partial charge is 0.332 e. The lowest BCUT2D eigenvalue weighted by Gasteiger charge is -2.28. The first kappa shape index (κ1) is 17.0. The predicted octanol–water partition coefficient (Wildman–Crippen LogP) is 4.84. The van der Waals surface area contributed by atoms with Crippen LogP contribution in [0.4, 0.5) is 4.39 Å². The van der Waals surface area contributed by atoms with Crippen molar-refractivity contribution in [1.82, 2.24) is 9.47 Å². The Morgan fingerprint density at radius 3 is 2.40 bits per heavy atom.